The number of methoxy groups -OCH3 is 1. The van der Waals surface area contributed by atoms with Crippen molar-refractivity contribution in [2.75, 3.05) is 26.9 Å². The Morgan fingerprint density at radius 3 is 2.67 bits per heavy atom. The Labute approximate surface area is 130 Å². The van der Waals surface area contributed by atoms with Crippen LogP contribution in [-0.4, -0.2) is 43.2 Å². The molecule has 5 nitrogen and oxygen atoms in total. The molecule has 0 bridgehead atoms. The third-order valence-electron chi connectivity index (χ3n) is 2.86. The van der Waals surface area contributed by atoms with Crippen molar-refractivity contribution in [2.45, 2.75) is 32.5 Å². The van der Waals surface area contributed by atoms with Crippen LogP contribution in [0.3, 0.4) is 0 Å². The number of hydrogen-bond acceptors (Lipinski definition) is 5. The number of benzene rings is 1. The smallest absolute Gasteiger partial charge is 0.166 e. The minimum Gasteiger partial charge on any atom is -0.493 e. The Morgan fingerprint density at radius 1 is 1.29 bits per heavy atom. The maximum atomic E-state index is 9.81. The highest BCUT2D eigenvalue weighted by Crippen LogP contribution is 2.34. The van der Waals surface area contributed by atoms with Gasteiger partial charge in [-0.25, -0.2) is 0 Å². The van der Waals surface area contributed by atoms with Crippen molar-refractivity contribution in [3.63, 3.8) is 0 Å². The third-order valence-corrected chi connectivity index (χ3v) is 3.08. The second-order valence-electron chi connectivity index (χ2n) is 4.65. The van der Waals surface area contributed by atoms with Crippen molar-refractivity contribution >= 4 is 11.6 Å². The Balaban J connectivity index is 2.57. The molecule has 0 aliphatic rings. The van der Waals surface area contributed by atoms with Crippen molar-refractivity contribution in [2.24, 2.45) is 0 Å². The number of rotatable bonds is 10. The zero-order valence-corrected chi connectivity index (χ0v) is 13.2. The predicted octanol–water partition coefficient (Wildman–Crippen LogP) is 2.40. The molecule has 0 radical (unpaired) electrons. The topological polar surface area (TPSA) is 68.2 Å². The zero-order chi connectivity index (χ0) is 15.7. The fourth-order valence-electron chi connectivity index (χ4n) is 1.75. The van der Waals surface area contributed by atoms with Crippen LogP contribution in [0.2, 0.25) is 5.02 Å². The first kappa shape index (κ1) is 18.0. The Kier molecular flexibility index (Phi) is 8.45. The van der Waals surface area contributed by atoms with Crippen molar-refractivity contribution < 1.29 is 24.4 Å². The van der Waals surface area contributed by atoms with Gasteiger partial charge in [0.25, 0.3) is 0 Å². The lowest BCUT2D eigenvalue weighted by molar-refractivity contribution is 0.0105. The van der Waals surface area contributed by atoms with Gasteiger partial charge in [-0.3, -0.25) is 0 Å². The summed E-state index contributed by atoms with van der Waals surface area (Å²) in [7, 11) is 1.49. The minimum atomic E-state index is -0.742. The fraction of sp³-hybridized carbons (Fsp3) is 0.600. The second kappa shape index (κ2) is 9.84. The molecule has 0 spiro atoms. The van der Waals surface area contributed by atoms with Crippen molar-refractivity contribution in [3.8, 4) is 11.5 Å². The van der Waals surface area contributed by atoms with E-state index in [2.05, 4.69) is 6.92 Å². The summed E-state index contributed by atoms with van der Waals surface area (Å²) in [6.45, 7) is 2.74. The van der Waals surface area contributed by atoms with Crippen LogP contribution in [0.25, 0.3) is 0 Å². The molecule has 120 valence electrons. The van der Waals surface area contributed by atoms with Gasteiger partial charge in [0.1, 0.15) is 12.7 Å². The van der Waals surface area contributed by atoms with Gasteiger partial charge in [0.2, 0.25) is 0 Å². The third kappa shape index (κ3) is 6.09. The van der Waals surface area contributed by atoms with Crippen LogP contribution in [-0.2, 0) is 11.3 Å². The van der Waals surface area contributed by atoms with Crippen LogP contribution in [0.1, 0.15) is 25.3 Å². The first-order valence-corrected chi connectivity index (χ1v) is 7.36. The number of aliphatic hydroxyl groups excluding tert-OH is 2. The standard InChI is InChI=1S/C15H23ClO5/c1-3-4-5-20-9-13(18)10-21-15-11(8-17)6-12(16)7-14(15)19-2/h6-7,13,17-18H,3-5,8-10H2,1-2H3. The maximum Gasteiger partial charge on any atom is 0.166 e. The van der Waals surface area contributed by atoms with Crippen LogP contribution in [0.4, 0.5) is 0 Å². The molecule has 0 heterocycles. The molecule has 0 fully saturated rings. The van der Waals surface area contributed by atoms with Crippen LogP contribution < -0.4 is 9.47 Å². The first-order valence-electron chi connectivity index (χ1n) is 6.98. The van der Waals surface area contributed by atoms with E-state index >= 15 is 0 Å². The van der Waals surface area contributed by atoms with Gasteiger partial charge in [-0.05, 0) is 12.5 Å². The van der Waals surface area contributed by atoms with Gasteiger partial charge >= 0.3 is 0 Å². The molecule has 0 amide bonds. The molecule has 0 aliphatic carbocycles. The molecule has 1 rings (SSSR count). The highest BCUT2D eigenvalue weighted by molar-refractivity contribution is 6.30. The van der Waals surface area contributed by atoms with Gasteiger partial charge in [0.15, 0.2) is 11.5 Å². The van der Waals surface area contributed by atoms with Gasteiger partial charge in [-0.1, -0.05) is 24.9 Å². The molecular weight excluding hydrogens is 296 g/mol. The summed E-state index contributed by atoms with van der Waals surface area (Å²) in [5.74, 6) is 0.808. The molecule has 0 aliphatic heterocycles. The highest BCUT2D eigenvalue weighted by atomic mass is 35.5. The van der Waals surface area contributed by atoms with E-state index in [-0.39, 0.29) is 19.8 Å². The fourth-order valence-corrected chi connectivity index (χ4v) is 1.98. The van der Waals surface area contributed by atoms with E-state index < -0.39 is 6.10 Å². The number of unbranched alkanes of at least 4 members (excludes halogenated alkanes) is 1. The lowest BCUT2D eigenvalue weighted by atomic mass is 10.2. The number of hydrogen-bond donors (Lipinski definition) is 2. The van der Waals surface area contributed by atoms with Crippen LogP contribution in [0, 0.1) is 0 Å². The number of halogens is 1. The molecule has 0 saturated carbocycles. The van der Waals surface area contributed by atoms with E-state index in [4.69, 9.17) is 25.8 Å². The van der Waals surface area contributed by atoms with E-state index in [9.17, 15) is 10.2 Å². The van der Waals surface area contributed by atoms with E-state index in [0.29, 0.717) is 28.7 Å². The van der Waals surface area contributed by atoms with E-state index in [1.165, 1.54) is 7.11 Å². The largest absolute Gasteiger partial charge is 0.493 e. The summed E-state index contributed by atoms with van der Waals surface area (Å²) >= 11 is 5.92. The molecule has 2 N–H and O–H groups in total. The lowest BCUT2D eigenvalue weighted by Gasteiger charge is -2.17. The van der Waals surface area contributed by atoms with Gasteiger partial charge in [0.05, 0.1) is 20.3 Å². The Morgan fingerprint density at radius 2 is 2.05 bits per heavy atom. The van der Waals surface area contributed by atoms with E-state index in [1.54, 1.807) is 12.1 Å². The Hall–Kier alpha value is -1.01. The highest BCUT2D eigenvalue weighted by Gasteiger charge is 2.14. The maximum absolute atomic E-state index is 9.81. The van der Waals surface area contributed by atoms with Gasteiger partial charge in [-0.15, -0.1) is 0 Å². The quantitative estimate of drug-likeness (QED) is 0.648. The average Bonchev–Trinajstić information content (AvgIpc) is 2.49. The summed E-state index contributed by atoms with van der Waals surface area (Å²) in [6, 6.07) is 3.20. The molecule has 1 atom stereocenters. The van der Waals surface area contributed by atoms with Crippen molar-refractivity contribution in [1.82, 2.24) is 0 Å². The molecular formula is C15H23ClO5. The second-order valence-corrected chi connectivity index (χ2v) is 5.08. The summed E-state index contributed by atoms with van der Waals surface area (Å²) in [4.78, 5) is 0. The first-order chi connectivity index (χ1) is 10.1. The number of ether oxygens (including phenoxy) is 3. The zero-order valence-electron chi connectivity index (χ0n) is 12.5. The van der Waals surface area contributed by atoms with Gasteiger partial charge in [-0.2, -0.15) is 0 Å². The van der Waals surface area contributed by atoms with Crippen LogP contribution in [0.15, 0.2) is 12.1 Å². The summed E-state index contributed by atoms with van der Waals surface area (Å²) in [5.41, 5.74) is 0.512. The monoisotopic (exact) mass is 318 g/mol. The lowest BCUT2D eigenvalue weighted by Crippen LogP contribution is -2.24. The predicted molar refractivity (Wildman–Crippen MR) is 81.2 cm³/mol. The molecule has 1 aromatic carbocycles. The van der Waals surface area contributed by atoms with E-state index in [1.807, 2.05) is 0 Å². The SMILES string of the molecule is CCCCOCC(O)COc1c(CO)cc(Cl)cc1OC. The van der Waals surface area contributed by atoms with Gasteiger partial charge < -0.3 is 24.4 Å². The molecule has 6 heteroatoms. The van der Waals surface area contributed by atoms with Crippen LogP contribution >= 0.6 is 11.6 Å². The van der Waals surface area contributed by atoms with Crippen LogP contribution in [0.5, 0.6) is 11.5 Å². The summed E-state index contributed by atoms with van der Waals surface area (Å²) in [6.07, 6.45) is 1.27. The molecule has 1 aromatic rings. The average molecular weight is 319 g/mol. The summed E-state index contributed by atoms with van der Waals surface area (Å²) < 4.78 is 16.1. The molecule has 21 heavy (non-hydrogen) atoms. The van der Waals surface area contributed by atoms with Crippen molar-refractivity contribution in [1.29, 1.82) is 0 Å². The normalized spacial score (nSPS) is 12.2. The van der Waals surface area contributed by atoms with Gasteiger partial charge in [0, 0.05) is 23.3 Å². The molecule has 1 unspecified atom stereocenters. The Bertz CT molecular complexity index is 400. The number of aliphatic hydroxyl groups is 2. The van der Waals surface area contributed by atoms with E-state index in [0.717, 1.165) is 12.8 Å². The molecule has 0 aromatic heterocycles. The minimum absolute atomic E-state index is 0.0527. The molecule has 0 saturated heterocycles. The summed E-state index contributed by atoms with van der Waals surface area (Å²) in [5, 5.41) is 19.6. The van der Waals surface area contributed by atoms with Crippen molar-refractivity contribution in [3.05, 3.63) is 22.7 Å².